The van der Waals surface area contributed by atoms with Crippen molar-refractivity contribution in [3.8, 4) is 0 Å². The van der Waals surface area contributed by atoms with Gasteiger partial charge in [-0.15, -0.1) is 0 Å². The van der Waals surface area contributed by atoms with E-state index < -0.39 is 12.0 Å². The molecule has 0 unspecified atom stereocenters. The van der Waals surface area contributed by atoms with Gasteiger partial charge in [0, 0.05) is 12.2 Å². The molecule has 2 aromatic carbocycles. The highest BCUT2D eigenvalue weighted by atomic mass is 32.2. The van der Waals surface area contributed by atoms with Gasteiger partial charge in [-0.05, 0) is 48.8 Å². The number of aryl methyl sites for hydroxylation is 2. The number of fused-ring (bicyclic) bond motifs is 1. The molecule has 1 atom stereocenters. The summed E-state index contributed by atoms with van der Waals surface area (Å²) in [6.07, 6.45) is 0.214. The highest BCUT2D eigenvalue weighted by Crippen LogP contribution is 2.45. The zero-order chi connectivity index (χ0) is 25.8. The lowest BCUT2D eigenvalue weighted by atomic mass is 9.90. The number of esters is 1. The number of hydrogen-bond acceptors (Lipinski definition) is 6. The Morgan fingerprint density at radius 2 is 1.86 bits per heavy atom. The molecule has 0 aromatic heterocycles. The Bertz CT molecular complexity index is 1250. The van der Waals surface area contributed by atoms with Crippen LogP contribution in [-0.4, -0.2) is 28.5 Å². The molecule has 2 aliphatic heterocycles. The molecule has 0 aliphatic carbocycles. The largest absolute Gasteiger partial charge is 0.457 e. The number of hydrogen-bond donors (Lipinski definition) is 1. The summed E-state index contributed by atoms with van der Waals surface area (Å²) >= 11 is 1.48. The second kappa shape index (κ2) is 11.2. The molecule has 6 nitrogen and oxygen atoms in total. The molecule has 0 radical (unpaired) electrons. The van der Waals surface area contributed by atoms with Crippen LogP contribution >= 0.6 is 11.8 Å². The Morgan fingerprint density at radius 3 is 2.56 bits per heavy atom. The number of carbonyl (C=O) groups excluding carboxylic acids is 2. The Hall–Kier alpha value is -3.32. The molecular formula is C29H33N3O3S. The lowest BCUT2D eigenvalue weighted by molar-refractivity contribution is -0.141. The average molecular weight is 504 g/mol. The van der Waals surface area contributed by atoms with Crippen molar-refractivity contribution in [3.05, 3.63) is 93.2 Å². The third kappa shape index (κ3) is 5.73. The van der Waals surface area contributed by atoms with Gasteiger partial charge >= 0.3 is 5.97 Å². The molecule has 0 fully saturated rings. The van der Waals surface area contributed by atoms with Crippen molar-refractivity contribution >= 4 is 28.8 Å². The number of nitrogens with one attached hydrogen (secondary N) is 1. The minimum absolute atomic E-state index is 0.0457. The van der Waals surface area contributed by atoms with Gasteiger partial charge in [0.1, 0.15) is 6.61 Å². The molecule has 2 heterocycles. The van der Waals surface area contributed by atoms with E-state index in [2.05, 4.69) is 51.2 Å². The summed E-state index contributed by atoms with van der Waals surface area (Å²) in [5, 5.41) is 5.74. The van der Waals surface area contributed by atoms with Crippen molar-refractivity contribution in [3.63, 3.8) is 0 Å². The Morgan fingerprint density at radius 1 is 1.11 bits per heavy atom. The van der Waals surface area contributed by atoms with Crippen LogP contribution in [0.3, 0.4) is 0 Å². The van der Waals surface area contributed by atoms with Crippen LogP contribution in [0.2, 0.25) is 0 Å². The van der Waals surface area contributed by atoms with Crippen molar-refractivity contribution < 1.29 is 14.3 Å². The third-order valence-corrected chi connectivity index (χ3v) is 7.09. The predicted molar refractivity (Wildman–Crippen MR) is 145 cm³/mol. The number of carbonyl (C=O) groups is 2. The molecule has 0 spiro atoms. The molecule has 2 aliphatic rings. The first-order chi connectivity index (χ1) is 17.2. The summed E-state index contributed by atoms with van der Waals surface area (Å²) < 4.78 is 5.78. The maximum atomic E-state index is 13.6. The average Bonchev–Trinajstić information content (AvgIpc) is 3.23. The zero-order valence-electron chi connectivity index (χ0n) is 21.5. The minimum Gasteiger partial charge on any atom is -0.457 e. The van der Waals surface area contributed by atoms with Gasteiger partial charge in [-0.25, -0.2) is 9.79 Å². The number of benzene rings is 2. The molecule has 2 aromatic rings. The van der Waals surface area contributed by atoms with E-state index in [1.807, 2.05) is 47.6 Å². The van der Waals surface area contributed by atoms with Crippen LogP contribution in [0.5, 0.6) is 0 Å². The minimum atomic E-state index is -0.430. The number of thioether (sulfide) groups is 1. The van der Waals surface area contributed by atoms with Gasteiger partial charge < -0.3 is 15.0 Å². The number of nitrogens with zero attached hydrogens (tertiary/aromatic N) is 2. The molecule has 0 bridgehead atoms. The molecule has 1 amide bonds. The second-order valence-electron chi connectivity index (χ2n) is 9.69. The van der Waals surface area contributed by atoms with Crippen molar-refractivity contribution in [2.24, 2.45) is 10.9 Å². The number of ether oxygens (including phenoxy) is 1. The van der Waals surface area contributed by atoms with E-state index >= 15 is 0 Å². The van der Waals surface area contributed by atoms with E-state index in [-0.39, 0.29) is 18.9 Å². The van der Waals surface area contributed by atoms with Crippen LogP contribution in [0, 0.1) is 19.8 Å². The van der Waals surface area contributed by atoms with E-state index in [9.17, 15) is 9.59 Å². The van der Waals surface area contributed by atoms with E-state index in [0.717, 1.165) is 33.1 Å². The number of aliphatic imine (C=N–C) groups is 1. The number of rotatable bonds is 8. The maximum absolute atomic E-state index is 13.6. The first-order valence-electron chi connectivity index (χ1n) is 12.2. The fourth-order valence-electron chi connectivity index (χ4n) is 4.40. The van der Waals surface area contributed by atoms with Gasteiger partial charge in [0.15, 0.2) is 5.17 Å². The standard InChI is InChI=1S/C29H33N3O3S/c1-18(2)15-30-25(33)14-23-17-36-29-31-21(5)26(28(34)35-16-22-9-7-6-8-10-22)27(32(23)29)24-12-11-19(3)13-20(24)4/h6-13,17-18,27H,14-16H2,1-5H3,(H,30,33)/t27-/m1/s1. The van der Waals surface area contributed by atoms with Crippen molar-refractivity contribution in [1.29, 1.82) is 0 Å². The quantitative estimate of drug-likeness (QED) is 0.462. The summed E-state index contributed by atoms with van der Waals surface area (Å²) in [4.78, 5) is 33.1. The highest BCUT2D eigenvalue weighted by Gasteiger charge is 2.41. The van der Waals surface area contributed by atoms with Gasteiger partial charge in [0.25, 0.3) is 0 Å². The number of amides is 1. The molecular weight excluding hydrogens is 470 g/mol. The Kier molecular flexibility index (Phi) is 7.99. The summed E-state index contributed by atoms with van der Waals surface area (Å²) in [6.45, 7) is 10.9. The van der Waals surface area contributed by atoms with Crippen LogP contribution in [0.4, 0.5) is 0 Å². The van der Waals surface area contributed by atoms with Crippen LogP contribution in [0.1, 0.15) is 55.5 Å². The zero-order valence-corrected chi connectivity index (χ0v) is 22.3. The molecule has 7 heteroatoms. The maximum Gasteiger partial charge on any atom is 0.338 e. The second-order valence-corrected chi connectivity index (χ2v) is 10.5. The molecule has 188 valence electrons. The van der Waals surface area contributed by atoms with Crippen LogP contribution in [0.15, 0.2) is 75.9 Å². The smallest absolute Gasteiger partial charge is 0.338 e. The van der Waals surface area contributed by atoms with Gasteiger partial charge in [-0.1, -0.05) is 79.7 Å². The SMILES string of the molecule is CC1=C(C(=O)OCc2ccccc2)[C@@H](c2ccc(C)cc2C)N2C(CC(=O)NCC(C)C)=CSC2=N1. The van der Waals surface area contributed by atoms with E-state index in [1.54, 1.807) is 0 Å². The topological polar surface area (TPSA) is 71.0 Å². The highest BCUT2D eigenvalue weighted by molar-refractivity contribution is 8.16. The van der Waals surface area contributed by atoms with Crippen molar-refractivity contribution in [2.75, 3.05) is 6.54 Å². The van der Waals surface area contributed by atoms with Crippen molar-refractivity contribution in [1.82, 2.24) is 10.2 Å². The fraction of sp³-hybridized carbons (Fsp3) is 0.345. The van der Waals surface area contributed by atoms with Crippen molar-refractivity contribution in [2.45, 2.75) is 53.7 Å². The van der Waals surface area contributed by atoms with Gasteiger partial charge in [-0.2, -0.15) is 0 Å². The lowest BCUT2D eigenvalue weighted by Gasteiger charge is -2.37. The summed E-state index contributed by atoms with van der Waals surface area (Å²) in [5.41, 5.74) is 6.10. The Balaban J connectivity index is 1.68. The summed E-state index contributed by atoms with van der Waals surface area (Å²) in [6, 6.07) is 15.4. The number of allylic oxidation sites excluding steroid dienone is 1. The Labute approximate surface area is 217 Å². The van der Waals surface area contributed by atoms with E-state index in [0.29, 0.717) is 23.7 Å². The fourth-order valence-corrected chi connectivity index (χ4v) is 5.37. The van der Waals surface area contributed by atoms with Crippen LogP contribution < -0.4 is 5.32 Å². The molecule has 0 saturated heterocycles. The van der Waals surface area contributed by atoms with Gasteiger partial charge in [-0.3, -0.25) is 4.79 Å². The monoisotopic (exact) mass is 503 g/mol. The first-order valence-corrected chi connectivity index (χ1v) is 13.1. The third-order valence-electron chi connectivity index (χ3n) is 6.20. The van der Waals surface area contributed by atoms with Crippen LogP contribution in [0.25, 0.3) is 0 Å². The normalized spacial score (nSPS) is 17.1. The summed E-state index contributed by atoms with van der Waals surface area (Å²) in [7, 11) is 0. The molecule has 0 saturated carbocycles. The molecule has 36 heavy (non-hydrogen) atoms. The predicted octanol–water partition coefficient (Wildman–Crippen LogP) is 5.78. The van der Waals surface area contributed by atoms with E-state index in [4.69, 9.17) is 9.73 Å². The number of amidine groups is 1. The van der Waals surface area contributed by atoms with Crippen LogP contribution in [-0.2, 0) is 20.9 Å². The van der Waals surface area contributed by atoms with Gasteiger partial charge in [0.05, 0.1) is 23.7 Å². The first kappa shape index (κ1) is 25.8. The summed E-state index contributed by atoms with van der Waals surface area (Å²) in [5.74, 6) is -0.0761. The van der Waals surface area contributed by atoms with Gasteiger partial charge in [0.2, 0.25) is 5.91 Å². The molecule has 1 N–H and O–H groups in total. The molecule has 4 rings (SSSR count). The van der Waals surface area contributed by atoms with E-state index in [1.165, 1.54) is 11.8 Å². The lowest BCUT2D eigenvalue weighted by Crippen LogP contribution is -2.38.